The van der Waals surface area contributed by atoms with Crippen molar-refractivity contribution in [1.82, 2.24) is 14.9 Å². The van der Waals surface area contributed by atoms with Gasteiger partial charge in [-0.2, -0.15) is 0 Å². The normalized spacial score (nSPS) is 13.9. The van der Waals surface area contributed by atoms with Crippen molar-refractivity contribution in [3.05, 3.63) is 52.2 Å². The maximum atomic E-state index is 12.4. The molecule has 2 aromatic heterocycles. The van der Waals surface area contributed by atoms with Crippen LogP contribution in [0.5, 0.6) is 0 Å². The summed E-state index contributed by atoms with van der Waals surface area (Å²) in [4.78, 5) is 47.8. The SMILES string of the molecule is O=C(CSc1ncnc2sccc12)OCC(=O)N1CCN(c2ccc([N+](=O)[O-])cc2)CC1. The topological polar surface area (TPSA) is 119 Å². The third-order valence-electron chi connectivity index (χ3n) is 4.97. The number of piperazine rings is 1. The van der Waals surface area contributed by atoms with E-state index in [0.717, 1.165) is 15.9 Å². The van der Waals surface area contributed by atoms with Gasteiger partial charge in [0.15, 0.2) is 6.61 Å². The predicted octanol–water partition coefficient (Wildman–Crippen LogP) is 2.58. The minimum atomic E-state index is -0.477. The summed E-state index contributed by atoms with van der Waals surface area (Å²) in [6, 6.07) is 8.26. The first kappa shape index (κ1) is 22.0. The average Bonchev–Trinajstić information content (AvgIpc) is 3.31. The highest BCUT2D eigenvalue weighted by atomic mass is 32.2. The molecule has 1 aliphatic heterocycles. The number of non-ortho nitro benzene ring substituents is 1. The van der Waals surface area contributed by atoms with E-state index in [1.807, 2.05) is 11.4 Å². The van der Waals surface area contributed by atoms with E-state index >= 15 is 0 Å². The number of nitrogens with zero attached hydrogens (tertiary/aromatic N) is 5. The van der Waals surface area contributed by atoms with Crippen LogP contribution in [0.25, 0.3) is 10.2 Å². The molecule has 1 aromatic carbocycles. The second-order valence-corrected chi connectivity index (χ2v) is 8.77. The Labute approximate surface area is 191 Å². The van der Waals surface area contributed by atoms with Gasteiger partial charge in [0.05, 0.1) is 10.7 Å². The molecule has 4 rings (SSSR count). The molecule has 1 aliphatic rings. The fourth-order valence-electron chi connectivity index (χ4n) is 3.28. The second kappa shape index (κ2) is 9.92. The van der Waals surface area contributed by atoms with Crippen LogP contribution in [0.2, 0.25) is 0 Å². The number of aromatic nitrogens is 2. The number of fused-ring (bicyclic) bond motifs is 1. The smallest absolute Gasteiger partial charge is 0.316 e. The number of nitro groups is 1. The lowest BCUT2D eigenvalue weighted by molar-refractivity contribution is -0.384. The lowest BCUT2D eigenvalue weighted by Crippen LogP contribution is -2.50. The summed E-state index contributed by atoms with van der Waals surface area (Å²) in [5.74, 6) is -0.660. The van der Waals surface area contributed by atoms with Crippen molar-refractivity contribution in [2.75, 3.05) is 43.4 Å². The van der Waals surface area contributed by atoms with Gasteiger partial charge in [0.2, 0.25) is 0 Å². The van der Waals surface area contributed by atoms with Gasteiger partial charge in [-0.3, -0.25) is 19.7 Å². The number of benzene rings is 1. The number of esters is 1. The lowest BCUT2D eigenvalue weighted by atomic mass is 10.2. The number of thiophene rings is 1. The van der Waals surface area contributed by atoms with Gasteiger partial charge in [-0.25, -0.2) is 9.97 Å². The largest absolute Gasteiger partial charge is 0.455 e. The number of hydrogen-bond donors (Lipinski definition) is 0. The number of anilines is 1. The Morgan fingerprint density at radius 1 is 1.12 bits per heavy atom. The van der Waals surface area contributed by atoms with Gasteiger partial charge in [0.25, 0.3) is 11.6 Å². The summed E-state index contributed by atoms with van der Waals surface area (Å²) in [5, 5.41) is 14.3. The number of thioether (sulfide) groups is 1. The molecule has 0 bridgehead atoms. The van der Waals surface area contributed by atoms with Gasteiger partial charge < -0.3 is 14.5 Å². The van der Waals surface area contributed by atoms with Crippen LogP contribution in [-0.2, 0) is 14.3 Å². The molecule has 0 spiro atoms. The molecule has 0 saturated carbocycles. The first-order valence-electron chi connectivity index (χ1n) is 9.75. The number of carbonyl (C=O) groups is 2. The Balaban J connectivity index is 1.20. The quantitative estimate of drug-likeness (QED) is 0.168. The molecule has 10 nitrogen and oxygen atoms in total. The van der Waals surface area contributed by atoms with Gasteiger partial charge in [-0.05, 0) is 23.6 Å². The highest BCUT2D eigenvalue weighted by Crippen LogP contribution is 2.27. The molecule has 0 atom stereocenters. The standard InChI is InChI=1S/C20H19N5O5S2/c26-17(11-30-18(27)12-32-20-16-5-10-31-19(16)21-13-22-20)24-8-6-23(7-9-24)14-1-3-15(4-2-14)25(28)29/h1-5,10,13H,6-9,11-12H2. The monoisotopic (exact) mass is 473 g/mol. The highest BCUT2D eigenvalue weighted by Gasteiger charge is 2.22. The Bertz CT molecular complexity index is 1130. The minimum Gasteiger partial charge on any atom is -0.455 e. The zero-order chi connectivity index (χ0) is 22.5. The van der Waals surface area contributed by atoms with Crippen LogP contribution in [0, 0.1) is 10.1 Å². The van der Waals surface area contributed by atoms with E-state index in [2.05, 4.69) is 14.9 Å². The predicted molar refractivity (Wildman–Crippen MR) is 121 cm³/mol. The maximum Gasteiger partial charge on any atom is 0.316 e. The molecule has 3 heterocycles. The van der Waals surface area contributed by atoms with Crippen LogP contribution in [0.1, 0.15) is 0 Å². The van der Waals surface area contributed by atoms with E-state index < -0.39 is 10.9 Å². The van der Waals surface area contributed by atoms with Gasteiger partial charge in [-0.15, -0.1) is 11.3 Å². The van der Waals surface area contributed by atoms with Gasteiger partial charge in [0, 0.05) is 49.4 Å². The molecule has 0 unspecified atom stereocenters. The number of amides is 1. The van der Waals surface area contributed by atoms with Crippen molar-refractivity contribution in [3.63, 3.8) is 0 Å². The van der Waals surface area contributed by atoms with Crippen molar-refractivity contribution in [2.45, 2.75) is 5.03 Å². The third kappa shape index (κ3) is 5.14. The van der Waals surface area contributed by atoms with Crippen LogP contribution in [-0.4, -0.2) is 70.2 Å². The van der Waals surface area contributed by atoms with Crippen LogP contribution in [0.4, 0.5) is 11.4 Å². The van der Waals surface area contributed by atoms with Gasteiger partial charge >= 0.3 is 5.97 Å². The Hall–Kier alpha value is -3.25. The number of rotatable bonds is 7. The summed E-state index contributed by atoms with van der Waals surface area (Å²) in [6.45, 7) is 1.86. The summed E-state index contributed by atoms with van der Waals surface area (Å²) in [6.07, 6.45) is 1.46. The highest BCUT2D eigenvalue weighted by molar-refractivity contribution is 8.00. The van der Waals surface area contributed by atoms with Crippen molar-refractivity contribution in [3.8, 4) is 0 Å². The van der Waals surface area contributed by atoms with E-state index in [0.29, 0.717) is 31.2 Å². The van der Waals surface area contributed by atoms with Crippen LogP contribution >= 0.6 is 23.1 Å². The Kier molecular flexibility index (Phi) is 6.81. The number of ether oxygens (including phenoxy) is 1. The fraction of sp³-hybridized carbons (Fsp3) is 0.300. The van der Waals surface area contributed by atoms with Gasteiger partial charge in [0.1, 0.15) is 16.2 Å². The molecule has 12 heteroatoms. The molecule has 32 heavy (non-hydrogen) atoms. The first-order valence-corrected chi connectivity index (χ1v) is 11.6. The molecule has 0 aliphatic carbocycles. The fourth-order valence-corrected chi connectivity index (χ4v) is 4.86. The van der Waals surface area contributed by atoms with Crippen molar-refractivity contribution >= 4 is 56.6 Å². The second-order valence-electron chi connectivity index (χ2n) is 6.91. The number of carbonyl (C=O) groups excluding carboxylic acids is 2. The summed E-state index contributed by atoms with van der Waals surface area (Å²) in [7, 11) is 0. The van der Waals surface area contributed by atoms with E-state index in [4.69, 9.17) is 4.74 Å². The molecule has 166 valence electrons. The molecule has 1 fully saturated rings. The molecule has 3 aromatic rings. The molecule has 1 saturated heterocycles. The van der Waals surface area contributed by atoms with Crippen molar-refractivity contribution in [2.24, 2.45) is 0 Å². The molecule has 0 N–H and O–H groups in total. The Morgan fingerprint density at radius 2 is 1.88 bits per heavy atom. The molecular formula is C20H19N5O5S2. The molecule has 1 amide bonds. The minimum absolute atomic E-state index is 0.0435. The first-order chi connectivity index (χ1) is 15.5. The van der Waals surface area contributed by atoms with E-state index in [1.165, 1.54) is 41.6 Å². The van der Waals surface area contributed by atoms with Gasteiger partial charge in [-0.1, -0.05) is 11.8 Å². The maximum absolute atomic E-state index is 12.4. The lowest BCUT2D eigenvalue weighted by Gasteiger charge is -2.36. The summed E-state index contributed by atoms with van der Waals surface area (Å²) in [5.41, 5.74) is 0.914. The third-order valence-corrected chi connectivity index (χ3v) is 6.77. The number of hydrogen-bond acceptors (Lipinski definition) is 10. The zero-order valence-corrected chi connectivity index (χ0v) is 18.5. The summed E-state index contributed by atoms with van der Waals surface area (Å²) >= 11 is 2.76. The van der Waals surface area contributed by atoms with E-state index in [-0.39, 0.29) is 24.0 Å². The van der Waals surface area contributed by atoms with Crippen molar-refractivity contribution < 1.29 is 19.2 Å². The van der Waals surface area contributed by atoms with Crippen LogP contribution < -0.4 is 4.90 Å². The van der Waals surface area contributed by atoms with Crippen LogP contribution in [0.3, 0.4) is 0 Å². The van der Waals surface area contributed by atoms with E-state index in [1.54, 1.807) is 17.0 Å². The van der Waals surface area contributed by atoms with Crippen LogP contribution in [0.15, 0.2) is 47.1 Å². The van der Waals surface area contributed by atoms with Crippen molar-refractivity contribution in [1.29, 1.82) is 0 Å². The number of nitro benzene ring substituents is 1. The average molecular weight is 474 g/mol. The molecule has 0 radical (unpaired) electrons. The Morgan fingerprint density at radius 3 is 2.59 bits per heavy atom. The van der Waals surface area contributed by atoms with E-state index in [9.17, 15) is 19.7 Å². The molecular weight excluding hydrogens is 454 g/mol. The zero-order valence-electron chi connectivity index (χ0n) is 16.9. The summed E-state index contributed by atoms with van der Waals surface area (Å²) < 4.78 is 5.15.